The van der Waals surface area contributed by atoms with Gasteiger partial charge in [0.05, 0.1) is 0 Å². The number of hydrogen-bond donors (Lipinski definition) is 1. The van der Waals surface area contributed by atoms with Gasteiger partial charge in [0.1, 0.15) is 5.65 Å². The van der Waals surface area contributed by atoms with Crippen molar-refractivity contribution in [2.45, 2.75) is 51.2 Å². The number of pyridine rings is 1. The Hall–Kier alpha value is -2.04. The lowest BCUT2D eigenvalue weighted by Crippen LogP contribution is -2.55. The fourth-order valence-corrected chi connectivity index (χ4v) is 3.27. The van der Waals surface area contributed by atoms with E-state index in [2.05, 4.69) is 21.8 Å². The molecule has 0 saturated heterocycles. The minimum atomic E-state index is -0.832. The fourth-order valence-electron chi connectivity index (χ4n) is 3.27. The first-order chi connectivity index (χ1) is 9.88. The van der Waals surface area contributed by atoms with Crippen molar-refractivity contribution in [2.75, 3.05) is 0 Å². The van der Waals surface area contributed by atoms with Gasteiger partial charge in [-0.1, -0.05) is 0 Å². The van der Waals surface area contributed by atoms with Crippen LogP contribution in [-0.4, -0.2) is 37.2 Å². The van der Waals surface area contributed by atoms with Crippen LogP contribution in [0.5, 0.6) is 0 Å². The number of fused-ring (bicyclic) bond motifs is 1. The van der Waals surface area contributed by atoms with Gasteiger partial charge in [-0.15, -0.1) is 0 Å². The molecule has 0 bridgehead atoms. The second kappa shape index (κ2) is 4.76. The Balaban J connectivity index is 1.77. The summed E-state index contributed by atoms with van der Waals surface area (Å²) in [6.07, 6.45) is 4.73. The Morgan fingerprint density at radius 1 is 1.38 bits per heavy atom. The van der Waals surface area contributed by atoms with Crippen molar-refractivity contribution in [3.05, 3.63) is 30.6 Å². The molecule has 5 heteroatoms. The molecular formula is C16H21N3O2. The summed E-state index contributed by atoms with van der Waals surface area (Å²) in [4.78, 5) is 17.5. The highest BCUT2D eigenvalue weighted by molar-refractivity contribution is 5.76. The average molecular weight is 287 g/mol. The summed E-state index contributed by atoms with van der Waals surface area (Å²) in [5.41, 5.74) is 0.622. The molecule has 3 rings (SSSR count). The molecule has 1 fully saturated rings. The first-order valence-corrected chi connectivity index (χ1v) is 7.32. The Morgan fingerprint density at radius 3 is 2.71 bits per heavy atom. The molecule has 1 saturated carbocycles. The van der Waals surface area contributed by atoms with Gasteiger partial charge in [-0.3, -0.25) is 0 Å². The number of aromatic nitrogens is 2. The number of rotatable bonds is 2. The van der Waals surface area contributed by atoms with Gasteiger partial charge in [-0.25, -0.2) is 9.78 Å². The van der Waals surface area contributed by atoms with Crippen molar-refractivity contribution in [2.24, 2.45) is 0 Å². The van der Waals surface area contributed by atoms with Crippen molar-refractivity contribution >= 4 is 17.1 Å². The van der Waals surface area contributed by atoms with E-state index in [9.17, 15) is 9.90 Å². The third-order valence-electron chi connectivity index (χ3n) is 4.25. The Kier molecular flexibility index (Phi) is 3.15. The minimum absolute atomic E-state index is 0.0914. The van der Waals surface area contributed by atoms with Crippen molar-refractivity contribution < 1.29 is 9.90 Å². The summed E-state index contributed by atoms with van der Waals surface area (Å²) in [5.74, 6) is 0. The van der Waals surface area contributed by atoms with Gasteiger partial charge < -0.3 is 14.6 Å². The van der Waals surface area contributed by atoms with Crippen molar-refractivity contribution in [1.82, 2.24) is 14.5 Å². The molecule has 5 nitrogen and oxygen atoms in total. The molecule has 0 aromatic carbocycles. The predicted molar refractivity (Wildman–Crippen MR) is 81.4 cm³/mol. The van der Waals surface area contributed by atoms with Crippen LogP contribution in [0.25, 0.3) is 11.0 Å². The van der Waals surface area contributed by atoms with Gasteiger partial charge >= 0.3 is 6.09 Å². The van der Waals surface area contributed by atoms with E-state index in [4.69, 9.17) is 0 Å². The van der Waals surface area contributed by atoms with Crippen LogP contribution in [0.15, 0.2) is 30.6 Å². The van der Waals surface area contributed by atoms with Crippen LogP contribution >= 0.6 is 0 Å². The zero-order chi connectivity index (χ0) is 15.2. The first-order valence-electron chi connectivity index (χ1n) is 7.32. The summed E-state index contributed by atoms with van der Waals surface area (Å²) in [6, 6.07) is 6.48. The zero-order valence-corrected chi connectivity index (χ0v) is 12.7. The third-order valence-corrected chi connectivity index (χ3v) is 4.25. The van der Waals surface area contributed by atoms with Crippen LogP contribution in [0.3, 0.4) is 0 Å². The van der Waals surface area contributed by atoms with Gasteiger partial charge in [0, 0.05) is 35.4 Å². The highest BCUT2D eigenvalue weighted by atomic mass is 16.4. The highest BCUT2D eigenvalue weighted by Gasteiger charge is 2.42. The number of amides is 1. The number of hydrogen-bond acceptors (Lipinski definition) is 2. The lowest BCUT2D eigenvalue weighted by Gasteiger charge is -2.47. The Morgan fingerprint density at radius 2 is 2.10 bits per heavy atom. The largest absolute Gasteiger partial charge is 0.465 e. The highest BCUT2D eigenvalue weighted by Crippen LogP contribution is 2.40. The molecule has 21 heavy (non-hydrogen) atoms. The molecule has 1 aliphatic rings. The number of nitrogens with zero attached hydrogens (tertiary/aromatic N) is 3. The molecule has 1 N–H and O–H groups in total. The molecule has 0 aliphatic heterocycles. The maximum absolute atomic E-state index is 11.5. The van der Waals surface area contributed by atoms with Crippen LogP contribution in [0.2, 0.25) is 0 Å². The summed E-state index contributed by atoms with van der Waals surface area (Å²) >= 11 is 0. The topological polar surface area (TPSA) is 58.4 Å². The van der Waals surface area contributed by atoms with Gasteiger partial charge in [0.2, 0.25) is 0 Å². The first kappa shape index (κ1) is 13.9. The molecule has 0 spiro atoms. The maximum Gasteiger partial charge on any atom is 0.407 e. The molecule has 0 unspecified atom stereocenters. The normalized spacial score (nSPS) is 22.0. The van der Waals surface area contributed by atoms with E-state index in [0.717, 1.165) is 23.9 Å². The number of carboxylic acid groups (broad SMARTS) is 1. The molecule has 2 heterocycles. The summed E-state index contributed by atoms with van der Waals surface area (Å²) in [6.45, 7) is 5.84. The van der Waals surface area contributed by atoms with E-state index in [1.54, 1.807) is 11.1 Å². The SMILES string of the molecule is CC(C)(C)N(C(=O)O)[C@H]1C[C@H](n2ccc3cccnc32)C1. The molecule has 1 amide bonds. The second-order valence-electron chi connectivity index (χ2n) is 6.74. The average Bonchev–Trinajstić information content (AvgIpc) is 2.74. The predicted octanol–water partition coefficient (Wildman–Crippen LogP) is 3.52. The van der Waals surface area contributed by atoms with Crippen molar-refractivity contribution in [3.63, 3.8) is 0 Å². The van der Waals surface area contributed by atoms with Crippen molar-refractivity contribution in [3.8, 4) is 0 Å². The monoisotopic (exact) mass is 287 g/mol. The van der Waals surface area contributed by atoms with E-state index >= 15 is 0 Å². The maximum atomic E-state index is 11.5. The van der Waals surface area contributed by atoms with Gasteiger partial charge in [-0.2, -0.15) is 0 Å². The molecule has 112 valence electrons. The Labute approximate surface area is 124 Å². The van der Waals surface area contributed by atoms with Gasteiger partial charge in [0.15, 0.2) is 0 Å². The summed E-state index contributed by atoms with van der Waals surface area (Å²) in [7, 11) is 0. The van der Waals surface area contributed by atoms with E-state index in [1.807, 2.05) is 32.9 Å². The molecular weight excluding hydrogens is 266 g/mol. The Bertz CT molecular complexity index is 665. The molecule has 2 aromatic heterocycles. The number of carbonyl (C=O) groups is 1. The standard InChI is InChI=1S/C16H21N3O2/c1-16(2,3)19(15(20)21)13-9-12(10-13)18-8-6-11-5-4-7-17-14(11)18/h4-8,12-13H,9-10H2,1-3H3,(H,20,21)/t12-,13-. The van der Waals surface area contributed by atoms with E-state index in [-0.39, 0.29) is 11.6 Å². The van der Waals surface area contributed by atoms with Crippen LogP contribution in [0, 0.1) is 0 Å². The molecule has 0 atom stereocenters. The smallest absolute Gasteiger partial charge is 0.407 e. The van der Waals surface area contributed by atoms with Crippen LogP contribution in [0.1, 0.15) is 39.7 Å². The zero-order valence-electron chi connectivity index (χ0n) is 12.7. The second-order valence-corrected chi connectivity index (χ2v) is 6.74. The summed E-state index contributed by atoms with van der Waals surface area (Å²) < 4.78 is 2.18. The van der Waals surface area contributed by atoms with E-state index < -0.39 is 6.09 Å². The molecule has 0 radical (unpaired) electrons. The lowest BCUT2D eigenvalue weighted by atomic mass is 9.83. The summed E-state index contributed by atoms with van der Waals surface area (Å²) in [5, 5.41) is 10.6. The van der Waals surface area contributed by atoms with Crippen LogP contribution < -0.4 is 0 Å². The van der Waals surface area contributed by atoms with Gasteiger partial charge in [0.25, 0.3) is 0 Å². The van der Waals surface area contributed by atoms with Gasteiger partial charge in [-0.05, 0) is 51.8 Å². The molecule has 1 aliphatic carbocycles. The third kappa shape index (κ3) is 2.37. The quantitative estimate of drug-likeness (QED) is 0.919. The van der Waals surface area contributed by atoms with E-state index in [1.165, 1.54) is 0 Å². The van der Waals surface area contributed by atoms with Crippen molar-refractivity contribution in [1.29, 1.82) is 0 Å². The fraction of sp³-hybridized carbons (Fsp3) is 0.500. The van der Waals surface area contributed by atoms with E-state index in [0.29, 0.717) is 6.04 Å². The van der Waals surface area contributed by atoms with Crippen LogP contribution in [0.4, 0.5) is 4.79 Å². The minimum Gasteiger partial charge on any atom is -0.465 e. The lowest BCUT2D eigenvalue weighted by molar-refractivity contribution is 0.0226. The van der Waals surface area contributed by atoms with Crippen LogP contribution in [-0.2, 0) is 0 Å². The molecule has 2 aromatic rings.